The minimum Gasteiger partial charge on any atom is -0.497 e. The summed E-state index contributed by atoms with van der Waals surface area (Å²) >= 11 is 1.02. The molecule has 0 bridgehead atoms. The molecule has 1 atom stereocenters. The number of esters is 1. The Kier molecular flexibility index (Phi) is 7.11. The normalized spacial score (nSPS) is 15.0. The fourth-order valence-electron chi connectivity index (χ4n) is 4.40. The van der Waals surface area contributed by atoms with Gasteiger partial charge >= 0.3 is 5.97 Å². The van der Waals surface area contributed by atoms with Crippen LogP contribution in [0.5, 0.6) is 5.75 Å². The number of thiophene rings is 1. The van der Waals surface area contributed by atoms with Crippen LogP contribution in [0.25, 0.3) is 16.5 Å². The van der Waals surface area contributed by atoms with Gasteiger partial charge in [0.05, 0.1) is 25.0 Å². The number of fused-ring (bicyclic) bond motifs is 1. The zero-order valence-electron chi connectivity index (χ0n) is 21.0. The first-order chi connectivity index (χ1) is 18.8. The van der Waals surface area contributed by atoms with Crippen molar-refractivity contribution in [2.45, 2.75) is 13.3 Å². The molecule has 0 aliphatic carbocycles. The highest BCUT2D eigenvalue weighted by molar-refractivity contribution is 7.16. The van der Waals surface area contributed by atoms with E-state index in [0.717, 1.165) is 16.0 Å². The van der Waals surface area contributed by atoms with Crippen LogP contribution in [0.3, 0.4) is 0 Å². The van der Waals surface area contributed by atoms with E-state index in [1.54, 1.807) is 31.2 Å². The number of rotatable bonds is 7. The van der Waals surface area contributed by atoms with Crippen LogP contribution in [0, 0.1) is 11.7 Å². The zero-order valence-corrected chi connectivity index (χ0v) is 21.8. The summed E-state index contributed by atoms with van der Waals surface area (Å²) in [7, 11) is 1.52. The number of hydrogen-bond acceptors (Lipinski definition) is 8. The lowest BCUT2D eigenvalue weighted by molar-refractivity contribution is -0.122. The van der Waals surface area contributed by atoms with Gasteiger partial charge in [0.2, 0.25) is 11.8 Å². The molecule has 5 rings (SSSR count). The average molecular weight is 551 g/mol. The molecule has 1 N–H and O–H groups in total. The number of nitrogens with one attached hydrogen (secondary N) is 1. The topological polar surface area (TPSA) is 120 Å². The molecule has 0 spiro atoms. The van der Waals surface area contributed by atoms with Crippen molar-refractivity contribution < 1.29 is 28.2 Å². The van der Waals surface area contributed by atoms with Gasteiger partial charge in [0.1, 0.15) is 22.3 Å². The first kappa shape index (κ1) is 26.0. The van der Waals surface area contributed by atoms with E-state index in [4.69, 9.17) is 9.47 Å². The van der Waals surface area contributed by atoms with Crippen molar-refractivity contribution in [2.24, 2.45) is 5.92 Å². The van der Waals surface area contributed by atoms with Gasteiger partial charge in [0.25, 0.3) is 5.56 Å². The van der Waals surface area contributed by atoms with Crippen LogP contribution in [-0.2, 0) is 14.3 Å². The summed E-state index contributed by atoms with van der Waals surface area (Å²) in [6, 6.07) is 12.5. The van der Waals surface area contributed by atoms with Crippen LogP contribution in [-0.4, -0.2) is 47.8 Å². The van der Waals surface area contributed by atoms with Crippen molar-refractivity contribution in [1.82, 2.24) is 9.78 Å². The summed E-state index contributed by atoms with van der Waals surface area (Å²) in [6.45, 7) is 1.82. The van der Waals surface area contributed by atoms with Crippen molar-refractivity contribution in [3.8, 4) is 11.4 Å². The summed E-state index contributed by atoms with van der Waals surface area (Å²) < 4.78 is 25.7. The van der Waals surface area contributed by atoms with E-state index in [-0.39, 0.29) is 52.6 Å². The van der Waals surface area contributed by atoms with Gasteiger partial charge < -0.3 is 19.7 Å². The Hall–Kier alpha value is -4.58. The third-order valence-corrected chi connectivity index (χ3v) is 7.19. The SMILES string of the molecule is CCOC(=O)c1nn(-c2ccccc2F)c(=O)c2c(NC(=O)C3CC(=O)N(c4cccc(OC)c4)C3)scc12. The van der Waals surface area contributed by atoms with Crippen LogP contribution in [0.15, 0.2) is 58.7 Å². The number of benzene rings is 2. The number of amides is 2. The van der Waals surface area contributed by atoms with Crippen molar-refractivity contribution in [3.63, 3.8) is 0 Å². The lowest BCUT2D eigenvalue weighted by Crippen LogP contribution is -2.29. The third kappa shape index (κ3) is 4.86. The van der Waals surface area contributed by atoms with Crippen LogP contribution in [0.4, 0.5) is 15.1 Å². The maximum atomic E-state index is 14.6. The van der Waals surface area contributed by atoms with Gasteiger partial charge in [-0.2, -0.15) is 9.78 Å². The molecule has 1 unspecified atom stereocenters. The number of methoxy groups -OCH3 is 1. The number of halogens is 1. The molecule has 12 heteroatoms. The molecule has 0 saturated carbocycles. The number of carbonyl (C=O) groups is 3. The number of nitrogens with zero attached hydrogens (tertiary/aromatic N) is 3. The van der Waals surface area contributed by atoms with Crippen LogP contribution in [0.2, 0.25) is 0 Å². The van der Waals surface area contributed by atoms with Crippen molar-refractivity contribution in [2.75, 3.05) is 30.5 Å². The molecule has 1 aliphatic heterocycles. The second-order valence-electron chi connectivity index (χ2n) is 8.69. The predicted octanol–water partition coefficient (Wildman–Crippen LogP) is 3.76. The lowest BCUT2D eigenvalue weighted by atomic mass is 10.1. The monoisotopic (exact) mass is 550 g/mol. The summed E-state index contributed by atoms with van der Waals surface area (Å²) in [5.41, 5.74) is -0.463. The van der Waals surface area contributed by atoms with E-state index in [0.29, 0.717) is 11.4 Å². The summed E-state index contributed by atoms with van der Waals surface area (Å²) in [5.74, 6) is -2.32. The van der Waals surface area contributed by atoms with E-state index in [2.05, 4.69) is 10.4 Å². The first-order valence-corrected chi connectivity index (χ1v) is 12.9. The number of anilines is 2. The predicted molar refractivity (Wildman–Crippen MR) is 143 cm³/mol. The minimum absolute atomic E-state index is 0.0105. The largest absolute Gasteiger partial charge is 0.497 e. The molecule has 3 heterocycles. The second-order valence-corrected chi connectivity index (χ2v) is 9.57. The van der Waals surface area contributed by atoms with Gasteiger partial charge in [-0.05, 0) is 31.2 Å². The fraction of sp³-hybridized carbons (Fsp3) is 0.222. The Labute approximate surface area is 225 Å². The van der Waals surface area contributed by atoms with Crippen LogP contribution < -0.4 is 20.5 Å². The van der Waals surface area contributed by atoms with E-state index in [1.807, 2.05) is 0 Å². The third-order valence-electron chi connectivity index (χ3n) is 6.30. The van der Waals surface area contributed by atoms with Crippen LogP contribution >= 0.6 is 11.3 Å². The molecule has 1 aliphatic rings. The summed E-state index contributed by atoms with van der Waals surface area (Å²) in [5, 5.41) is 8.69. The number of hydrogen-bond donors (Lipinski definition) is 1. The van der Waals surface area contributed by atoms with Crippen molar-refractivity contribution in [3.05, 3.63) is 75.8 Å². The van der Waals surface area contributed by atoms with Gasteiger partial charge in [-0.1, -0.05) is 18.2 Å². The Balaban J connectivity index is 1.50. The highest BCUT2D eigenvalue weighted by atomic mass is 32.1. The molecule has 39 heavy (non-hydrogen) atoms. The number of ether oxygens (including phenoxy) is 2. The van der Waals surface area contributed by atoms with E-state index >= 15 is 0 Å². The molecule has 2 aromatic carbocycles. The molecular weight excluding hydrogens is 527 g/mol. The van der Waals surface area contributed by atoms with Crippen molar-refractivity contribution in [1.29, 1.82) is 0 Å². The molecule has 2 aromatic heterocycles. The molecule has 1 fully saturated rings. The molecule has 1 saturated heterocycles. The second kappa shape index (κ2) is 10.7. The molecule has 2 amide bonds. The quantitative estimate of drug-likeness (QED) is 0.348. The Morgan fingerprint density at radius 1 is 1.18 bits per heavy atom. The minimum atomic E-state index is -0.793. The van der Waals surface area contributed by atoms with Gasteiger partial charge in [-0.15, -0.1) is 11.3 Å². The molecular formula is C27H23FN4O6S. The first-order valence-electron chi connectivity index (χ1n) is 12.0. The highest BCUT2D eigenvalue weighted by Gasteiger charge is 2.36. The number of carbonyl (C=O) groups excluding carboxylic acids is 3. The van der Waals surface area contributed by atoms with Gasteiger partial charge in [-0.25, -0.2) is 9.18 Å². The smallest absolute Gasteiger partial charge is 0.359 e. The van der Waals surface area contributed by atoms with E-state index in [1.165, 1.54) is 41.7 Å². The van der Waals surface area contributed by atoms with Crippen molar-refractivity contribution >= 4 is 50.6 Å². The molecule has 0 radical (unpaired) electrons. The number of aromatic nitrogens is 2. The van der Waals surface area contributed by atoms with E-state index < -0.39 is 29.2 Å². The molecule has 10 nitrogen and oxygen atoms in total. The molecule has 4 aromatic rings. The summed E-state index contributed by atoms with van der Waals surface area (Å²) in [6.07, 6.45) is -0.0263. The summed E-state index contributed by atoms with van der Waals surface area (Å²) in [4.78, 5) is 53.7. The highest BCUT2D eigenvalue weighted by Crippen LogP contribution is 2.33. The Morgan fingerprint density at radius 2 is 1.97 bits per heavy atom. The van der Waals surface area contributed by atoms with Crippen LogP contribution in [0.1, 0.15) is 23.8 Å². The number of para-hydroxylation sites is 1. The molecule has 200 valence electrons. The Bertz CT molecular complexity index is 1670. The maximum absolute atomic E-state index is 14.6. The van der Waals surface area contributed by atoms with Gasteiger partial charge in [0, 0.05) is 35.5 Å². The Morgan fingerprint density at radius 3 is 2.72 bits per heavy atom. The van der Waals surface area contributed by atoms with Gasteiger partial charge in [0.15, 0.2) is 5.69 Å². The zero-order chi connectivity index (χ0) is 27.7. The maximum Gasteiger partial charge on any atom is 0.359 e. The van der Waals surface area contributed by atoms with E-state index in [9.17, 15) is 23.6 Å². The van der Waals surface area contributed by atoms with Gasteiger partial charge in [-0.3, -0.25) is 14.4 Å². The lowest BCUT2D eigenvalue weighted by Gasteiger charge is -2.17. The average Bonchev–Trinajstić information content (AvgIpc) is 3.53. The standard InChI is InChI=1S/C27H23FN4O6S/c1-3-38-27(36)23-18-14-39-25(22(18)26(35)32(30-23)20-10-5-4-9-19(20)28)29-24(34)15-11-21(33)31(13-15)16-7-6-8-17(12-16)37-2/h4-10,12,14-15H,3,11,13H2,1-2H3,(H,29,34). The fourth-order valence-corrected chi connectivity index (χ4v) is 5.34.